The number of hydrogen-bond donors (Lipinski definition) is 1. The Bertz CT molecular complexity index is 509. The van der Waals surface area contributed by atoms with Gasteiger partial charge in [-0.25, -0.2) is 0 Å². The van der Waals surface area contributed by atoms with Gasteiger partial charge >= 0.3 is 0 Å². The van der Waals surface area contributed by atoms with Crippen molar-refractivity contribution in [3.05, 3.63) is 12.2 Å². The van der Waals surface area contributed by atoms with Gasteiger partial charge in [0.1, 0.15) is 12.2 Å². The van der Waals surface area contributed by atoms with Gasteiger partial charge in [-0.2, -0.15) is 0 Å². The molecule has 2 heterocycles. The maximum absolute atomic E-state index is 4.86. The van der Waals surface area contributed by atoms with Crippen LogP contribution in [0.5, 0.6) is 0 Å². The summed E-state index contributed by atoms with van der Waals surface area (Å²) in [7, 11) is 0. The summed E-state index contributed by atoms with van der Waals surface area (Å²) >= 11 is 0. The highest BCUT2D eigenvalue weighted by Gasteiger charge is 2.35. The number of aryl methyl sites for hydroxylation is 1. The van der Waals surface area contributed by atoms with Crippen molar-refractivity contribution in [3.8, 4) is 0 Å². The predicted molar refractivity (Wildman–Crippen MR) is 92.4 cm³/mol. The van der Waals surface area contributed by atoms with Gasteiger partial charge in [0.2, 0.25) is 0 Å². The Balaban J connectivity index is 1.59. The normalized spacial score (nSPS) is 24.8. The molecule has 128 valence electrons. The van der Waals surface area contributed by atoms with Crippen molar-refractivity contribution in [1.29, 1.82) is 0 Å². The van der Waals surface area contributed by atoms with Crippen LogP contribution in [-0.4, -0.2) is 51.8 Å². The molecule has 3 rings (SSSR count). The molecule has 1 saturated heterocycles. The van der Waals surface area contributed by atoms with Crippen molar-refractivity contribution >= 4 is 5.96 Å². The van der Waals surface area contributed by atoms with Crippen LogP contribution in [0.3, 0.4) is 0 Å². The van der Waals surface area contributed by atoms with Crippen LogP contribution in [-0.2, 0) is 13.0 Å². The zero-order valence-electron chi connectivity index (χ0n) is 14.5. The fourth-order valence-electron chi connectivity index (χ4n) is 4.01. The van der Waals surface area contributed by atoms with Crippen LogP contribution in [0, 0.1) is 11.8 Å². The van der Waals surface area contributed by atoms with Crippen LogP contribution in [0.4, 0.5) is 0 Å². The van der Waals surface area contributed by atoms with Crippen LogP contribution in [0.1, 0.15) is 45.4 Å². The Morgan fingerprint density at radius 3 is 2.65 bits per heavy atom. The lowest BCUT2D eigenvalue weighted by molar-refractivity contribution is 0.299. The summed E-state index contributed by atoms with van der Waals surface area (Å²) in [6, 6.07) is 0. The molecule has 2 fully saturated rings. The maximum atomic E-state index is 4.86. The molecule has 0 amide bonds. The number of nitrogens with zero attached hydrogens (tertiary/aromatic N) is 5. The van der Waals surface area contributed by atoms with Gasteiger partial charge in [0.15, 0.2) is 5.96 Å². The van der Waals surface area contributed by atoms with E-state index in [1.54, 1.807) is 0 Å². The fourth-order valence-corrected chi connectivity index (χ4v) is 4.01. The molecule has 1 aliphatic carbocycles. The first-order chi connectivity index (χ1) is 11.3. The van der Waals surface area contributed by atoms with E-state index in [1.165, 1.54) is 38.8 Å². The van der Waals surface area contributed by atoms with Gasteiger partial charge in [0, 0.05) is 32.6 Å². The van der Waals surface area contributed by atoms with Gasteiger partial charge in [-0.3, -0.25) is 4.99 Å². The first kappa shape index (κ1) is 16.3. The van der Waals surface area contributed by atoms with Crippen molar-refractivity contribution < 1.29 is 0 Å². The third-order valence-corrected chi connectivity index (χ3v) is 5.23. The van der Waals surface area contributed by atoms with E-state index >= 15 is 0 Å². The third-order valence-electron chi connectivity index (χ3n) is 5.23. The molecule has 6 nitrogen and oxygen atoms in total. The third kappa shape index (κ3) is 3.85. The molecule has 1 N–H and O–H groups in total. The number of nitrogens with one attached hydrogen (secondary N) is 1. The SMILES string of the molecule is CCNC(=NCCn1cnnc1CC)N1CC2CCCCC2C1. The van der Waals surface area contributed by atoms with Crippen LogP contribution < -0.4 is 5.32 Å². The van der Waals surface area contributed by atoms with E-state index in [2.05, 4.69) is 38.8 Å². The Morgan fingerprint density at radius 2 is 2.00 bits per heavy atom. The molecule has 1 aliphatic heterocycles. The minimum atomic E-state index is 0.777. The highest BCUT2D eigenvalue weighted by molar-refractivity contribution is 5.80. The van der Waals surface area contributed by atoms with Crippen LogP contribution in [0.25, 0.3) is 0 Å². The molecule has 1 aromatic heterocycles. The Labute approximate surface area is 139 Å². The molecule has 1 aromatic rings. The summed E-state index contributed by atoms with van der Waals surface area (Å²) in [5.74, 6) is 3.90. The van der Waals surface area contributed by atoms with E-state index in [1.807, 2.05) is 6.33 Å². The van der Waals surface area contributed by atoms with E-state index in [-0.39, 0.29) is 0 Å². The van der Waals surface area contributed by atoms with Crippen molar-refractivity contribution in [1.82, 2.24) is 25.0 Å². The number of rotatable bonds is 5. The lowest BCUT2D eigenvalue weighted by Gasteiger charge is -2.22. The van der Waals surface area contributed by atoms with Crippen LogP contribution >= 0.6 is 0 Å². The quantitative estimate of drug-likeness (QED) is 0.666. The molecule has 2 aliphatic rings. The second-order valence-corrected chi connectivity index (χ2v) is 6.74. The van der Waals surface area contributed by atoms with Crippen molar-refractivity contribution in [2.45, 2.75) is 52.5 Å². The van der Waals surface area contributed by atoms with E-state index in [0.717, 1.165) is 49.7 Å². The van der Waals surface area contributed by atoms with Gasteiger partial charge in [0.25, 0.3) is 0 Å². The molecule has 6 heteroatoms. The molecular formula is C17H30N6. The predicted octanol–water partition coefficient (Wildman–Crippen LogP) is 1.93. The number of hydrogen-bond acceptors (Lipinski definition) is 3. The lowest BCUT2D eigenvalue weighted by Crippen LogP contribution is -2.40. The molecule has 0 aromatic carbocycles. The second-order valence-electron chi connectivity index (χ2n) is 6.74. The Hall–Kier alpha value is -1.59. The van der Waals surface area contributed by atoms with Crippen LogP contribution in [0.2, 0.25) is 0 Å². The topological polar surface area (TPSA) is 58.3 Å². The van der Waals surface area contributed by atoms with Gasteiger partial charge in [-0.05, 0) is 31.6 Å². The number of aromatic nitrogens is 3. The van der Waals surface area contributed by atoms with E-state index in [9.17, 15) is 0 Å². The smallest absolute Gasteiger partial charge is 0.193 e. The average Bonchev–Trinajstić information content (AvgIpc) is 3.20. The monoisotopic (exact) mass is 318 g/mol. The lowest BCUT2D eigenvalue weighted by atomic mass is 9.82. The van der Waals surface area contributed by atoms with Crippen LogP contribution in [0.15, 0.2) is 11.3 Å². The molecule has 0 radical (unpaired) electrons. The summed E-state index contributed by atoms with van der Waals surface area (Å²) in [6.45, 7) is 9.18. The number of guanidine groups is 1. The van der Waals surface area contributed by atoms with E-state index in [0.29, 0.717) is 0 Å². The Morgan fingerprint density at radius 1 is 1.26 bits per heavy atom. The zero-order chi connectivity index (χ0) is 16.1. The van der Waals surface area contributed by atoms with Crippen molar-refractivity contribution in [2.24, 2.45) is 16.8 Å². The van der Waals surface area contributed by atoms with Gasteiger partial charge in [0.05, 0.1) is 6.54 Å². The van der Waals surface area contributed by atoms with Gasteiger partial charge < -0.3 is 14.8 Å². The summed E-state index contributed by atoms with van der Waals surface area (Å²) in [6.07, 6.45) is 8.36. The minimum absolute atomic E-state index is 0.777. The van der Waals surface area contributed by atoms with Crippen molar-refractivity contribution in [2.75, 3.05) is 26.2 Å². The summed E-state index contributed by atoms with van der Waals surface area (Å²) in [4.78, 5) is 7.34. The largest absolute Gasteiger partial charge is 0.357 e. The molecule has 2 unspecified atom stereocenters. The molecule has 0 bridgehead atoms. The Kier molecular flexibility index (Phi) is 5.51. The van der Waals surface area contributed by atoms with E-state index < -0.39 is 0 Å². The fraction of sp³-hybridized carbons (Fsp3) is 0.824. The summed E-state index contributed by atoms with van der Waals surface area (Å²) in [5, 5.41) is 11.6. The second kappa shape index (κ2) is 7.79. The van der Waals surface area contributed by atoms with Gasteiger partial charge in [-0.1, -0.05) is 19.8 Å². The summed E-state index contributed by atoms with van der Waals surface area (Å²) < 4.78 is 2.11. The average molecular weight is 318 g/mol. The number of fused-ring (bicyclic) bond motifs is 1. The molecule has 1 saturated carbocycles. The molecule has 0 spiro atoms. The number of aliphatic imine (C=N–C) groups is 1. The molecule has 23 heavy (non-hydrogen) atoms. The highest BCUT2D eigenvalue weighted by atomic mass is 15.3. The zero-order valence-corrected chi connectivity index (χ0v) is 14.5. The summed E-state index contributed by atoms with van der Waals surface area (Å²) in [5.41, 5.74) is 0. The molecular weight excluding hydrogens is 288 g/mol. The molecule has 2 atom stereocenters. The first-order valence-electron chi connectivity index (χ1n) is 9.21. The standard InChI is InChI=1S/C17H30N6/c1-3-16-21-20-13-22(16)10-9-19-17(18-4-2)23-11-14-7-5-6-8-15(14)12-23/h13-15H,3-12H2,1-2H3,(H,18,19). The van der Waals surface area contributed by atoms with E-state index in [4.69, 9.17) is 4.99 Å². The number of likely N-dealkylation sites (tertiary alicyclic amines) is 1. The van der Waals surface area contributed by atoms with Gasteiger partial charge in [-0.15, -0.1) is 10.2 Å². The van der Waals surface area contributed by atoms with Crippen molar-refractivity contribution in [3.63, 3.8) is 0 Å². The minimum Gasteiger partial charge on any atom is -0.357 e. The maximum Gasteiger partial charge on any atom is 0.193 e. The first-order valence-corrected chi connectivity index (χ1v) is 9.21. The highest BCUT2D eigenvalue weighted by Crippen LogP contribution is 2.35.